The number of hydrogen-bond donors (Lipinski definition) is 2. The van der Waals surface area contributed by atoms with Crippen molar-refractivity contribution in [2.24, 2.45) is 0 Å². The van der Waals surface area contributed by atoms with E-state index in [0.717, 1.165) is 21.7 Å². The van der Waals surface area contributed by atoms with E-state index in [1.54, 1.807) is 6.20 Å². The van der Waals surface area contributed by atoms with E-state index < -0.39 is 0 Å². The molecule has 3 aromatic rings. The summed E-state index contributed by atoms with van der Waals surface area (Å²) in [5, 5.41) is 0. The van der Waals surface area contributed by atoms with Gasteiger partial charge >= 0.3 is 0 Å². The van der Waals surface area contributed by atoms with Crippen LogP contribution in [0.3, 0.4) is 0 Å². The molecule has 0 spiro atoms. The number of H-pyrrole nitrogens is 1. The maximum atomic E-state index is 13.7. The zero-order chi connectivity index (χ0) is 14.7. The van der Waals surface area contributed by atoms with Crippen molar-refractivity contribution in [3.05, 3.63) is 66.2 Å². The Bertz CT molecular complexity index is 740. The molecule has 0 amide bonds. The quantitative estimate of drug-likeness (QED) is 0.689. The molecule has 106 valence electrons. The first-order chi connectivity index (χ1) is 10.2. The van der Waals surface area contributed by atoms with Crippen LogP contribution in [-0.4, -0.2) is 9.97 Å². The van der Waals surface area contributed by atoms with Crippen LogP contribution in [0.1, 0.15) is 5.56 Å². The Hall–Kier alpha value is -2.27. The lowest BCUT2D eigenvalue weighted by molar-refractivity contribution is 0.626. The van der Waals surface area contributed by atoms with Gasteiger partial charge in [-0.25, -0.2) is 9.37 Å². The number of pyridine rings is 1. The molecule has 0 aliphatic heterocycles. The number of aromatic amines is 1. The average Bonchev–Trinajstić information content (AvgIpc) is 2.96. The van der Waals surface area contributed by atoms with Gasteiger partial charge in [0, 0.05) is 23.0 Å². The van der Waals surface area contributed by atoms with Crippen molar-refractivity contribution >= 4 is 17.8 Å². The molecule has 3 nitrogen and oxygen atoms in total. The Morgan fingerprint density at radius 2 is 2.00 bits per heavy atom. The summed E-state index contributed by atoms with van der Waals surface area (Å²) in [5.74, 6) is -0.102. The van der Waals surface area contributed by atoms with Gasteiger partial charge in [0.1, 0.15) is 0 Å². The summed E-state index contributed by atoms with van der Waals surface area (Å²) in [5.41, 5.74) is 2.94. The van der Waals surface area contributed by atoms with E-state index in [-0.39, 0.29) is 11.6 Å². The summed E-state index contributed by atoms with van der Waals surface area (Å²) in [6.07, 6.45) is 3.52. The van der Waals surface area contributed by atoms with Gasteiger partial charge in [0.2, 0.25) is 0 Å². The van der Waals surface area contributed by atoms with E-state index in [0.29, 0.717) is 0 Å². The van der Waals surface area contributed by atoms with Crippen molar-refractivity contribution in [1.82, 2.24) is 9.97 Å². The van der Waals surface area contributed by atoms with Gasteiger partial charge in [0.15, 0.2) is 11.6 Å². The normalized spacial score (nSPS) is 10.6. The van der Waals surface area contributed by atoms with Gasteiger partial charge in [-0.1, -0.05) is 30.3 Å². The van der Waals surface area contributed by atoms with Crippen LogP contribution in [0.2, 0.25) is 0 Å². The number of aryl methyl sites for hydroxylation is 1. The molecular weight excluding hydrogens is 285 g/mol. The van der Waals surface area contributed by atoms with Crippen molar-refractivity contribution in [1.29, 1.82) is 0 Å². The van der Waals surface area contributed by atoms with Crippen LogP contribution < -0.4 is 4.72 Å². The predicted molar refractivity (Wildman–Crippen MR) is 84.6 cm³/mol. The summed E-state index contributed by atoms with van der Waals surface area (Å²) >= 11 is 1.33. The molecule has 1 aromatic carbocycles. The van der Waals surface area contributed by atoms with Gasteiger partial charge in [-0.15, -0.1) is 0 Å². The predicted octanol–water partition coefficient (Wildman–Crippen LogP) is 4.64. The zero-order valence-corrected chi connectivity index (χ0v) is 12.2. The summed E-state index contributed by atoms with van der Waals surface area (Å²) < 4.78 is 16.6. The van der Waals surface area contributed by atoms with Crippen molar-refractivity contribution < 1.29 is 4.39 Å². The first-order valence-corrected chi connectivity index (χ1v) is 7.33. The third-order valence-electron chi connectivity index (χ3n) is 2.98. The molecule has 21 heavy (non-hydrogen) atoms. The van der Waals surface area contributed by atoms with Gasteiger partial charge < -0.3 is 9.71 Å². The Kier molecular flexibility index (Phi) is 3.92. The van der Waals surface area contributed by atoms with Crippen LogP contribution >= 0.6 is 11.9 Å². The Morgan fingerprint density at radius 1 is 1.19 bits per heavy atom. The smallest absolute Gasteiger partial charge is 0.172 e. The summed E-state index contributed by atoms with van der Waals surface area (Å²) in [4.78, 5) is 8.22. The fraction of sp³-hybridized carbons (Fsp3) is 0.0625. The molecule has 2 aromatic heterocycles. The molecule has 0 saturated heterocycles. The maximum Gasteiger partial charge on any atom is 0.172 e. The lowest BCUT2D eigenvalue weighted by Crippen LogP contribution is -1.94. The molecular formula is C16H14FN3S. The molecule has 0 atom stereocenters. The SMILES string of the molecule is Cc1cnc(NSc2c[nH]c(-c3ccccc3)c2)c(F)c1. The molecule has 0 saturated carbocycles. The van der Waals surface area contributed by atoms with Crippen molar-refractivity contribution in [2.75, 3.05) is 4.72 Å². The molecule has 2 N–H and O–H groups in total. The minimum Gasteiger partial charge on any atom is -0.360 e. The highest BCUT2D eigenvalue weighted by atomic mass is 32.2. The Morgan fingerprint density at radius 3 is 2.76 bits per heavy atom. The maximum absolute atomic E-state index is 13.7. The molecule has 0 unspecified atom stereocenters. The number of aromatic nitrogens is 2. The molecule has 5 heteroatoms. The number of nitrogens with zero attached hydrogens (tertiary/aromatic N) is 1. The standard InChI is InChI=1S/C16H14FN3S/c1-11-7-14(17)16(19-9-11)20-21-13-8-15(18-10-13)12-5-3-2-4-6-12/h2-10,18H,1H3,(H,19,20). The number of rotatable bonds is 4. The van der Waals surface area contributed by atoms with Crippen LogP contribution in [-0.2, 0) is 0 Å². The average molecular weight is 299 g/mol. The van der Waals surface area contributed by atoms with Crippen LogP contribution in [0.4, 0.5) is 10.2 Å². The Labute approximate surface area is 126 Å². The van der Waals surface area contributed by atoms with Crippen molar-refractivity contribution in [3.8, 4) is 11.3 Å². The van der Waals surface area contributed by atoms with Crippen LogP contribution in [0, 0.1) is 12.7 Å². The first kappa shape index (κ1) is 13.7. The molecule has 0 aliphatic rings. The minimum absolute atomic E-state index is 0.244. The van der Waals surface area contributed by atoms with E-state index in [1.807, 2.05) is 49.5 Å². The van der Waals surface area contributed by atoms with E-state index in [1.165, 1.54) is 18.0 Å². The van der Waals surface area contributed by atoms with Gasteiger partial charge in [-0.2, -0.15) is 0 Å². The Balaban J connectivity index is 1.70. The van der Waals surface area contributed by atoms with Crippen molar-refractivity contribution in [2.45, 2.75) is 11.8 Å². The third kappa shape index (κ3) is 3.25. The first-order valence-electron chi connectivity index (χ1n) is 6.51. The van der Waals surface area contributed by atoms with Gasteiger partial charge in [-0.3, -0.25) is 0 Å². The van der Waals surface area contributed by atoms with E-state index >= 15 is 0 Å². The highest BCUT2D eigenvalue weighted by Gasteiger charge is 2.06. The van der Waals surface area contributed by atoms with Crippen LogP contribution in [0.25, 0.3) is 11.3 Å². The monoisotopic (exact) mass is 299 g/mol. The molecule has 2 heterocycles. The van der Waals surface area contributed by atoms with E-state index in [2.05, 4.69) is 14.7 Å². The summed E-state index contributed by atoms with van der Waals surface area (Å²) in [6.45, 7) is 1.81. The van der Waals surface area contributed by atoms with E-state index in [9.17, 15) is 4.39 Å². The lowest BCUT2D eigenvalue weighted by Gasteiger charge is -2.04. The van der Waals surface area contributed by atoms with Crippen LogP contribution in [0.15, 0.2) is 59.8 Å². The van der Waals surface area contributed by atoms with Gasteiger partial charge in [0.05, 0.1) is 0 Å². The number of nitrogens with one attached hydrogen (secondary N) is 2. The summed E-state index contributed by atoms with van der Waals surface area (Å²) in [7, 11) is 0. The second-order valence-corrected chi connectivity index (χ2v) is 5.54. The van der Waals surface area contributed by atoms with Gasteiger partial charge in [-0.05, 0) is 42.1 Å². The largest absolute Gasteiger partial charge is 0.360 e. The summed E-state index contributed by atoms with van der Waals surface area (Å²) in [6, 6.07) is 13.5. The molecule has 0 bridgehead atoms. The van der Waals surface area contributed by atoms with Crippen LogP contribution in [0.5, 0.6) is 0 Å². The highest BCUT2D eigenvalue weighted by molar-refractivity contribution is 8.00. The molecule has 0 radical (unpaired) electrons. The number of anilines is 1. The molecule has 0 aliphatic carbocycles. The third-order valence-corrected chi connectivity index (χ3v) is 3.75. The molecule has 3 rings (SSSR count). The second kappa shape index (κ2) is 6.01. The van der Waals surface area contributed by atoms with E-state index in [4.69, 9.17) is 0 Å². The lowest BCUT2D eigenvalue weighted by atomic mass is 10.2. The number of benzene rings is 1. The molecule has 0 fully saturated rings. The zero-order valence-electron chi connectivity index (χ0n) is 11.4. The topological polar surface area (TPSA) is 40.7 Å². The fourth-order valence-electron chi connectivity index (χ4n) is 1.93. The van der Waals surface area contributed by atoms with Crippen molar-refractivity contribution in [3.63, 3.8) is 0 Å². The number of hydrogen-bond acceptors (Lipinski definition) is 3. The number of halogens is 1. The second-order valence-electron chi connectivity index (χ2n) is 4.66. The fourth-order valence-corrected chi connectivity index (χ4v) is 2.59. The van der Waals surface area contributed by atoms with Gasteiger partial charge in [0.25, 0.3) is 0 Å². The highest BCUT2D eigenvalue weighted by Crippen LogP contribution is 2.26. The minimum atomic E-state index is -0.346.